The number of aryl methyl sites for hydroxylation is 1. The van der Waals surface area contributed by atoms with Crippen LogP contribution in [-0.2, 0) is 11.9 Å². The Morgan fingerprint density at radius 2 is 2.58 bits per heavy atom. The average molecular weight is 169 g/mol. The van der Waals surface area contributed by atoms with E-state index in [0.29, 0.717) is 12.4 Å². The minimum atomic E-state index is -0.329. The van der Waals surface area contributed by atoms with Crippen LogP contribution in [0.2, 0.25) is 0 Å². The van der Waals surface area contributed by atoms with E-state index >= 15 is 0 Å². The summed E-state index contributed by atoms with van der Waals surface area (Å²) in [6, 6.07) is 0. The van der Waals surface area contributed by atoms with E-state index in [0.717, 1.165) is 0 Å². The lowest BCUT2D eigenvalue weighted by molar-refractivity contribution is 0.0352. The molecule has 0 fully saturated rings. The molecule has 0 aliphatic heterocycles. The molecule has 0 saturated carbocycles. The normalized spacial score (nSPS) is 9.83. The SMILES string of the molecule is CCONC(=O)c1nccn1C. The number of carbonyl (C=O) groups is 1. The molecule has 1 rings (SSSR count). The van der Waals surface area contributed by atoms with E-state index in [2.05, 4.69) is 10.5 Å². The van der Waals surface area contributed by atoms with Crippen LogP contribution in [0.3, 0.4) is 0 Å². The van der Waals surface area contributed by atoms with Gasteiger partial charge in [0.2, 0.25) is 5.82 Å². The molecule has 66 valence electrons. The number of hydroxylamine groups is 1. The van der Waals surface area contributed by atoms with Gasteiger partial charge in [0, 0.05) is 19.4 Å². The minimum Gasteiger partial charge on any atom is -0.330 e. The molecular weight excluding hydrogens is 158 g/mol. The van der Waals surface area contributed by atoms with Crippen LogP contribution in [0.1, 0.15) is 17.5 Å². The average Bonchev–Trinajstić information content (AvgIpc) is 2.47. The van der Waals surface area contributed by atoms with Crippen LogP contribution in [0.15, 0.2) is 12.4 Å². The number of nitrogens with zero attached hydrogens (tertiary/aromatic N) is 2. The zero-order valence-electron chi connectivity index (χ0n) is 7.07. The summed E-state index contributed by atoms with van der Waals surface area (Å²) in [6.07, 6.45) is 3.25. The van der Waals surface area contributed by atoms with Crippen LogP contribution in [-0.4, -0.2) is 22.1 Å². The van der Waals surface area contributed by atoms with Gasteiger partial charge >= 0.3 is 5.91 Å². The van der Waals surface area contributed by atoms with E-state index in [1.807, 2.05) is 0 Å². The predicted molar refractivity (Wildman–Crippen MR) is 42.3 cm³/mol. The van der Waals surface area contributed by atoms with E-state index in [-0.39, 0.29) is 5.91 Å². The lowest BCUT2D eigenvalue weighted by Gasteiger charge is -2.02. The van der Waals surface area contributed by atoms with Gasteiger partial charge in [-0.15, -0.1) is 0 Å². The Balaban J connectivity index is 2.59. The molecule has 0 aromatic carbocycles. The molecule has 0 saturated heterocycles. The lowest BCUT2D eigenvalue weighted by atomic mass is 10.6. The zero-order valence-corrected chi connectivity index (χ0v) is 7.07. The summed E-state index contributed by atoms with van der Waals surface area (Å²) in [5, 5.41) is 0. The smallest absolute Gasteiger partial charge is 0.310 e. The molecule has 1 amide bonds. The third kappa shape index (κ3) is 1.82. The summed E-state index contributed by atoms with van der Waals surface area (Å²) < 4.78 is 1.62. The van der Waals surface area contributed by atoms with E-state index < -0.39 is 0 Å². The highest BCUT2D eigenvalue weighted by molar-refractivity contribution is 5.89. The second-order valence-electron chi connectivity index (χ2n) is 2.23. The molecule has 0 spiro atoms. The summed E-state index contributed by atoms with van der Waals surface area (Å²) in [5.41, 5.74) is 2.25. The largest absolute Gasteiger partial charge is 0.330 e. The molecular formula is C7H11N3O2. The first kappa shape index (κ1) is 8.73. The molecule has 1 heterocycles. The monoisotopic (exact) mass is 169 g/mol. The van der Waals surface area contributed by atoms with Gasteiger partial charge in [-0.25, -0.2) is 10.5 Å². The predicted octanol–water partition coefficient (Wildman–Crippen LogP) is 0.101. The van der Waals surface area contributed by atoms with Crippen molar-refractivity contribution in [3.8, 4) is 0 Å². The zero-order chi connectivity index (χ0) is 8.97. The van der Waals surface area contributed by atoms with Crippen LogP contribution < -0.4 is 5.48 Å². The Morgan fingerprint density at radius 1 is 1.83 bits per heavy atom. The van der Waals surface area contributed by atoms with Gasteiger partial charge in [-0.2, -0.15) is 0 Å². The maximum atomic E-state index is 11.2. The molecule has 0 unspecified atom stereocenters. The molecule has 1 N–H and O–H groups in total. The Hall–Kier alpha value is -1.36. The molecule has 12 heavy (non-hydrogen) atoms. The van der Waals surface area contributed by atoms with Crippen LogP contribution >= 0.6 is 0 Å². The summed E-state index contributed by atoms with van der Waals surface area (Å²) >= 11 is 0. The highest BCUT2D eigenvalue weighted by atomic mass is 16.6. The number of nitrogens with one attached hydrogen (secondary N) is 1. The molecule has 1 aromatic rings. The fraction of sp³-hybridized carbons (Fsp3) is 0.429. The van der Waals surface area contributed by atoms with Crippen molar-refractivity contribution in [2.45, 2.75) is 6.92 Å². The Labute approximate surface area is 70.3 Å². The fourth-order valence-corrected chi connectivity index (χ4v) is 0.768. The second kappa shape index (κ2) is 3.87. The van der Waals surface area contributed by atoms with E-state index in [9.17, 15) is 4.79 Å². The lowest BCUT2D eigenvalue weighted by Crippen LogP contribution is -2.26. The summed E-state index contributed by atoms with van der Waals surface area (Å²) in [5.74, 6) is 0.00722. The fourth-order valence-electron chi connectivity index (χ4n) is 0.768. The second-order valence-corrected chi connectivity index (χ2v) is 2.23. The molecule has 0 aliphatic rings. The van der Waals surface area contributed by atoms with Crippen molar-refractivity contribution in [1.82, 2.24) is 15.0 Å². The van der Waals surface area contributed by atoms with Gasteiger partial charge in [-0.05, 0) is 6.92 Å². The molecule has 5 heteroatoms. The van der Waals surface area contributed by atoms with Crippen molar-refractivity contribution in [1.29, 1.82) is 0 Å². The number of rotatable bonds is 3. The molecule has 0 aliphatic carbocycles. The number of imidazole rings is 1. The van der Waals surface area contributed by atoms with Gasteiger partial charge in [-0.1, -0.05) is 0 Å². The van der Waals surface area contributed by atoms with Gasteiger partial charge < -0.3 is 4.57 Å². The van der Waals surface area contributed by atoms with Crippen LogP contribution in [0.5, 0.6) is 0 Å². The van der Waals surface area contributed by atoms with Gasteiger partial charge in [0.25, 0.3) is 0 Å². The minimum absolute atomic E-state index is 0.329. The van der Waals surface area contributed by atoms with Crippen molar-refractivity contribution in [3.63, 3.8) is 0 Å². The number of amides is 1. The van der Waals surface area contributed by atoms with Gasteiger partial charge in [0.15, 0.2) is 0 Å². The maximum Gasteiger partial charge on any atom is 0.310 e. The highest BCUT2D eigenvalue weighted by Crippen LogP contribution is 1.92. The summed E-state index contributed by atoms with van der Waals surface area (Å²) in [7, 11) is 1.74. The molecule has 0 bridgehead atoms. The third-order valence-electron chi connectivity index (χ3n) is 1.33. The van der Waals surface area contributed by atoms with Crippen molar-refractivity contribution in [3.05, 3.63) is 18.2 Å². The first-order valence-corrected chi connectivity index (χ1v) is 3.65. The summed E-state index contributed by atoms with van der Waals surface area (Å²) in [6.45, 7) is 2.23. The van der Waals surface area contributed by atoms with E-state index in [4.69, 9.17) is 4.84 Å². The molecule has 1 aromatic heterocycles. The topological polar surface area (TPSA) is 56.1 Å². The van der Waals surface area contributed by atoms with Crippen LogP contribution in [0, 0.1) is 0 Å². The van der Waals surface area contributed by atoms with E-state index in [1.54, 1.807) is 30.9 Å². The van der Waals surface area contributed by atoms with Crippen molar-refractivity contribution in [2.75, 3.05) is 6.61 Å². The first-order valence-electron chi connectivity index (χ1n) is 3.65. The molecule has 0 radical (unpaired) electrons. The molecule has 0 atom stereocenters. The van der Waals surface area contributed by atoms with Crippen molar-refractivity contribution < 1.29 is 9.63 Å². The quantitative estimate of drug-likeness (QED) is 0.653. The Morgan fingerprint density at radius 3 is 3.08 bits per heavy atom. The highest BCUT2D eigenvalue weighted by Gasteiger charge is 2.09. The maximum absolute atomic E-state index is 11.2. The van der Waals surface area contributed by atoms with Crippen LogP contribution in [0.4, 0.5) is 0 Å². The number of hydrogen-bond acceptors (Lipinski definition) is 3. The van der Waals surface area contributed by atoms with Gasteiger partial charge in [0.1, 0.15) is 0 Å². The Bertz CT molecular complexity index is 269. The first-order chi connectivity index (χ1) is 5.75. The van der Waals surface area contributed by atoms with E-state index in [1.165, 1.54) is 0 Å². The Kier molecular flexibility index (Phi) is 2.82. The standard InChI is InChI=1S/C7H11N3O2/c1-3-12-9-7(11)6-8-4-5-10(6)2/h4-5H,3H2,1-2H3,(H,9,11). The van der Waals surface area contributed by atoms with Crippen LogP contribution in [0.25, 0.3) is 0 Å². The summed E-state index contributed by atoms with van der Waals surface area (Å²) in [4.78, 5) is 19.7. The van der Waals surface area contributed by atoms with Crippen molar-refractivity contribution in [2.24, 2.45) is 7.05 Å². The number of carbonyl (C=O) groups excluding carboxylic acids is 1. The van der Waals surface area contributed by atoms with Gasteiger partial charge in [-0.3, -0.25) is 9.63 Å². The van der Waals surface area contributed by atoms with Crippen molar-refractivity contribution >= 4 is 5.91 Å². The molecule has 5 nitrogen and oxygen atoms in total. The van der Waals surface area contributed by atoms with Gasteiger partial charge in [0.05, 0.1) is 6.61 Å². The third-order valence-corrected chi connectivity index (χ3v) is 1.33. The number of aromatic nitrogens is 2. The number of hydrogen-bond donors (Lipinski definition) is 1.